The first-order valence-electron chi connectivity index (χ1n) is 6.90. The highest BCUT2D eigenvalue weighted by Gasteiger charge is 2.16. The molecule has 0 aromatic carbocycles. The molecule has 0 saturated carbocycles. The van der Waals surface area contributed by atoms with Gasteiger partial charge in [0.2, 0.25) is 0 Å². The maximum absolute atomic E-state index is 11.6. The maximum Gasteiger partial charge on any atom is 0.320 e. The molecule has 6 nitrogen and oxygen atoms in total. The summed E-state index contributed by atoms with van der Waals surface area (Å²) in [5.74, 6) is 0.389. The number of amides is 2. The van der Waals surface area contributed by atoms with Crippen molar-refractivity contribution in [2.75, 3.05) is 11.9 Å². The number of rotatable bonds is 5. The van der Waals surface area contributed by atoms with E-state index in [0.29, 0.717) is 12.2 Å². The lowest BCUT2D eigenvalue weighted by Crippen LogP contribution is -2.35. The molecule has 112 valence electrons. The zero-order chi connectivity index (χ0) is 15.2. The van der Waals surface area contributed by atoms with Crippen LogP contribution in [-0.4, -0.2) is 34.0 Å². The fourth-order valence-electron chi connectivity index (χ4n) is 1.61. The van der Waals surface area contributed by atoms with Crippen LogP contribution >= 0.6 is 0 Å². The van der Waals surface area contributed by atoms with Crippen LogP contribution in [0.4, 0.5) is 10.6 Å². The molecule has 6 heteroatoms. The Kier molecular flexibility index (Phi) is 5.88. The lowest BCUT2D eigenvalue weighted by molar-refractivity contribution is 0.162. The van der Waals surface area contributed by atoms with E-state index < -0.39 is 12.1 Å². The van der Waals surface area contributed by atoms with Crippen molar-refractivity contribution in [2.24, 2.45) is 0 Å². The Morgan fingerprint density at radius 1 is 1.35 bits per heavy atom. The summed E-state index contributed by atoms with van der Waals surface area (Å²) in [6, 6.07) is 3.17. The van der Waals surface area contributed by atoms with Crippen LogP contribution < -0.4 is 10.6 Å². The number of nitrogens with one attached hydrogen (secondary N) is 2. The second-order valence-corrected chi connectivity index (χ2v) is 5.83. The summed E-state index contributed by atoms with van der Waals surface area (Å²) in [4.78, 5) is 11.6. The third-order valence-electron chi connectivity index (χ3n) is 2.79. The van der Waals surface area contributed by atoms with Crippen LogP contribution in [0, 0.1) is 0 Å². The van der Waals surface area contributed by atoms with Gasteiger partial charge in [-0.25, -0.2) is 4.79 Å². The van der Waals surface area contributed by atoms with Crippen LogP contribution in [0.2, 0.25) is 0 Å². The normalized spacial score (nSPS) is 12.8. The minimum absolute atomic E-state index is 0.0714. The molecule has 1 rings (SSSR count). The van der Waals surface area contributed by atoms with Crippen molar-refractivity contribution in [1.82, 2.24) is 15.5 Å². The zero-order valence-corrected chi connectivity index (χ0v) is 12.6. The van der Waals surface area contributed by atoms with Gasteiger partial charge >= 0.3 is 6.03 Å². The van der Waals surface area contributed by atoms with E-state index in [2.05, 4.69) is 20.8 Å². The minimum Gasteiger partial charge on any atom is -0.391 e. The lowest BCUT2D eigenvalue weighted by Gasteiger charge is -2.16. The third-order valence-corrected chi connectivity index (χ3v) is 2.79. The second-order valence-electron chi connectivity index (χ2n) is 5.83. The second kappa shape index (κ2) is 7.19. The maximum atomic E-state index is 11.6. The number of hydrogen-bond donors (Lipinski definition) is 3. The van der Waals surface area contributed by atoms with E-state index in [0.717, 1.165) is 12.1 Å². The molecule has 0 aliphatic carbocycles. The molecule has 1 atom stereocenters. The molecule has 0 fully saturated rings. The van der Waals surface area contributed by atoms with Gasteiger partial charge in [0.1, 0.15) is 0 Å². The Bertz CT molecular complexity index is 426. The number of aliphatic hydroxyl groups excluding tert-OH is 1. The number of hydrogen-bond acceptors (Lipinski definition) is 4. The average Bonchev–Trinajstić information content (AvgIpc) is 2.36. The van der Waals surface area contributed by atoms with Crippen LogP contribution in [0.1, 0.15) is 46.2 Å². The molecular weight excluding hydrogens is 256 g/mol. The van der Waals surface area contributed by atoms with Crippen LogP contribution in [0.5, 0.6) is 0 Å². The van der Waals surface area contributed by atoms with Crippen LogP contribution in [0.3, 0.4) is 0 Å². The van der Waals surface area contributed by atoms with Gasteiger partial charge in [0.25, 0.3) is 0 Å². The molecule has 0 spiro atoms. The number of carbonyl (C=O) groups excluding carboxylic acids is 1. The van der Waals surface area contributed by atoms with E-state index in [1.807, 2.05) is 33.8 Å². The molecule has 20 heavy (non-hydrogen) atoms. The van der Waals surface area contributed by atoms with Crippen LogP contribution in [-0.2, 0) is 5.41 Å². The predicted molar refractivity (Wildman–Crippen MR) is 78.7 cm³/mol. The summed E-state index contributed by atoms with van der Waals surface area (Å²) in [7, 11) is 0. The van der Waals surface area contributed by atoms with Crippen LogP contribution in [0.15, 0.2) is 12.1 Å². The van der Waals surface area contributed by atoms with E-state index >= 15 is 0 Å². The van der Waals surface area contributed by atoms with Crippen molar-refractivity contribution in [3.05, 3.63) is 17.8 Å². The molecule has 0 saturated heterocycles. The molecule has 0 aliphatic rings. The number of nitrogens with zero attached hydrogens (tertiary/aromatic N) is 2. The third kappa shape index (κ3) is 5.52. The summed E-state index contributed by atoms with van der Waals surface area (Å²) in [5.41, 5.74) is 0.791. The number of carbonyl (C=O) groups is 1. The standard InChI is InChI=1S/C14H24N4O2/c1-5-6-10(19)9-15-13(20)16-12-8-7-11(17-18-12)14(2,3)4/h7-8,10,19H,5-6,9H2,1-4H3,(H2,15,16,18,20). The van der Waals surface area contributed by atoms with Gasteiger partial charge in [-0.15, -0.1) is 5.10 Å². The molecule has 3 N–H and O–H groups in total. The summed E-state index contributed by atoms with van der Waals surface area (Å²) >= 11 is 0. The first kappa shape index (κ1) is 16.4. The summed E-state index contributed by atoms with van der Waals surface area (Å²) in [6.45, 7) is 8.35. The van der Waals surface area contributed by atoms with Crippen molar-refractivity contribution in [2.45, 2.75) is 52.1 Å². The van der Waals surface area contributed by atoms with Crippen molar-refractivity contribution in [3.8, 4) is 0 Å². The van der Waals surface area contributed by atoms with Gasteiger partial charge in [-0.05, 0) is 18.6 Å². The van der Waals surface area contributed by atoms with Gasteiger partial charge in [-0.1, -0.05) is 34.1 Å². The fourth-order valence-corrected chi connectivity index (χ4v) is 1.61. The molecule has 0 radical (unpaired) electrons. The quantitative estimate of drug-likeness (QED) is 0.770. The highest BCUT2D eigenvalue weighted by Crippen LogP contribution is 2.19. The average molecular weight is 280 g/mol. The molecule has 0 aliphatic heterocycles. The zero-order valence-electron chi connectivity index (χ0n) is 12.6. The lowest BCUT2D eigenvalue weighted by atomic mass is 9.92. The van der Waals surface area contributed by atoms with Crippen molar-refractivity contribution in [1.29, 1.82) is 0 Å². The molecule has 0 bridgehead atoms. The Labute approximate surface area is 120 Å². The molecule has 2 amide bonds. The van der Waals surface area contributed by atoms with Crippen molar-refractivity contribution < 1.29 is 9.90 Å². The molecule has 1 aromatic rings. The van der Waals surface area contributed by atoms with Gasteiger partial charge < -0.3 is 10.4 Å². The van der Waals surface area contributed by atoms with Gasteiger partial charge in [-0.2, -0.15) is 5.10 Å². The topological polar surface area (TPSA) is 87.1 Å². The molecular formula is C14H24N4O2. The van der Waals surface area contributed by atoms with E-state index in [4.69, 9.17) is 0 Å². The van der Waals surface area contributed by atoms with E-state index in [1.54, 1.807) is 6.07 Å². The largest absolute Gasteiger partial charge is 0.391 e. The highest BCUT2D eigenvalue weighted by molar-refractivity contribution is 5.88. The Morgan fingerprint density at radius 3 is 2.55 bits per heavy atom. The molecule has 1 unspecified atom stereocenters. The van der Waals surface area contributed by atoms with Gasteiger partial charge in [0.05, 0.1) is 11.8 Å². The summed E-state index contributed by atoms with van der Waals surface area (Å²) in [5, 5.41) is 22.7. The van der Waals surface area contributed by atoms with Gasteiger partial charge in [0, 0.05) is 12.0 Å². The number of aromatic nitrogens is 2. The highest BCUT2D eigenvalue weighted by atomic mass is 16.3. The SMILES string of the molecule is CCCC(O)CNC(=O)Nc1ccc(C(C)(C)C)nn1. The smallest absolute Gasteiger partial charge is 0.320 e. The van der Waals surface area contributed by atoms with Crippen LogP contribution in [0.25, 0.3) is 0 Å². The predicted octanol–water partition coefficient (Wildman–Crippen LogP) is 2.06. The number of anilines is 1. The summed E-state index contributed by atoms with van der Waals surface area (Å²) < 4.78 is 0. The first-order chi connectivity index (χ1) is 9.32. The van der Waals surface area contributed by atoms with E-state index in [1.165, 1.54) is 0 Å². The summed E-state index contributed by atoms with van der Waals surface area (Å²) in [6.07, 6.45) is 1.03. The van der Waals surface area contributed by atoms with E-state index in [9.17, 15) is 9.90 Å². The Balaban J connectivity index is 2.46. The minimum atomic E-state index is -0.514. The van der Waals surface area contributed by atoms with Gasteiger partial charge in [-0.3, -0.25) is 5.32 Å². The van der Waals surface area contributed by atoms with Crippen molar-refractivity contribution >= 4 is 11.8 Å². The Morgan fingerprint density at radius 2 is 2.05 bits per heavy atom. The van der Waals surface area contributed by atoms with Crippen molar-refractivity contribution in [3.63, 3.8) is 0 Å². The van der Waals surface area contributed by atoms with E-state index in [-0.39, 0.29) is 12.0 Å². The first-order valence-corrected chi connectivity index (χ1v) is 6.90. The molecule has 1 heterocycles. The monoisotopic (exact) mass is 280 g/mol. The Hall–Kier alpha value is -1.69. The fraction of sp³-hybridized carbons (Fsp3) is 0.643. The number of aliphatic hydroxyl groups is 1. The number of urea groups is 1. The van der Waals surface area contributed by atoms with Gasteiger partial charge in [0.15, 0.2) is 5.82 Å². The molecule has 1 aromatic heterocycles.